The summed E-state index contributed by atoms with van der Waals surface area (Å²) in [5, 5.41) is 3.93. The first-order valence-corrected chi connectivity index (χ1v) is 12.0. The number of aromatic nitrogens is 1. The van der Waals surface area contributed by atoms with Crippen molar-refractivity contribution in [2.45, 2.75) is 12.0 Å². The molecular formula is C32H22N2. The number of aromatic amines is 1. The summed E-state index contributed by atoms with van der Waals surface area (Å²) in [5.74, 6) is 0.251. The summed E-state index contributed by atoms with van der Waals surface area (Å²) in [7, 11) is 0. The van der Waals surface area contributed by atoms with Gasteiger partial charge >= 0.3 is 0 Å². The third-order valence-electron chi connectivity index (χ3n) is 7.74. The Morgan fingerprint density at radius 1 is 0.588 bits per heavy atom. The zero-order valence-electron chi connectivity index (χ0n) is 18.6. The SMILES string of the molecule is c1ccc(N2c3c(ccc4ccccc34)C3c4c([nH]c5ccccc45)-c4ccccc4C32)cc1. The molecule has 0 fully saturated rings. The lowest BCUT2D eigenvalue weighted by Crippen LogP contribution is -2.26. The fourth-order valence-electron chi connectivity index (χ4n) is 6.44. The largest absolute Gasteiger partial charge is 0.354 e. The third-order valence-corrected chi connectivity index (χ3v) is 7.74. The highest BCUT2D eigenvalue weighted by Crippen LogP contribution is 2.62. The maximum atomic E-state index is 3.79. The highest BCUT2D eigenvalue weighted by atomic mass is 15.2. The molecule has 2 unspecified atom stereocenters. The van der Waals surface area contributed by atoms with Crippen molar-refractivity contribution in [3.63, 3.8) is 0 Å². The molecule has 0 bridgehead atoms. The number of nitrogens with zero attached hydrogens (tertiary/aromatic N) is 1. The average Bonchev–Trinajstić information content (AvgIpc) is 3.46. The molecule has 1 aliphatic heterocycles. The second kappa shape index (κ2) is 6.61. The number of fused-ring (bicyclic) bond motifs is 12. The van der Waals surface area contributed by atoms with E-state index in [0.717, 1.165) is 0 Å². The van der Waals surface area contributed by atoms with Crippen LogP contribution in [0.1, 0.15) is 28.7 Å². The van der Waals surface area contributed by atoms with Crippen molar-refractivity contribution in [1.82, 2.24) is 4.98 Å². The van der Waals surface area contributed by atoms with Crippen molar-refractivity contribution >= 4 is 33.1 Å². The molecule has 2 nitrogen and oxygen atoms in total. The number of hydrogen-bond donors (Lipinski definition) is 1. The standard InChI is InChI=1S/C32H22N2/c1-2-11-21(12-3-1)34-31-22-13-5-4-10-20(22)18-19-26(31)29-28-25-16-8-9-17-27(25)33-30(28)23-14-6-7-15-24(23)32(29)34/h1-19,29,32-33H. The number of rotatable bonds is 1. The summed E-state index contributed by atoms with van der Waals surface area (Å²) in [6.45, 7) is 0. The van der Waals surface area contributed by atoms with E-state index in [1.54, 1.807) is 0 Å². The third kappa shape index (κ3) is 2.25. The first-order valence-electron chi connectivity index (χ1n) is 12.0. The molecule has 0 radical (unpaired) electrons. The topological polar surface area (TPSA) is 19.0 Å². The first-order chi connectivity index (χ1) is 16.9. The quantitative estimate of drug-likeness (QED) is 0.276. The summed E-state index contributed by atoms with van der Waals surface area (Å²) in [4.78, 5) is 6.39. The van der Waals surface area contributed by atoms with Gasteiger partial charge in [0, 0.05) is 33.5 Å². The Morgan fingerprint density at radius 2 is 1.32 bits per heavy atom. The monoisotopic (exact) mass is 434 g/mol. The molecule has 2 heterocycles. The summed E-state index contributed by atoms with van der Waals surface area (Å²) >= 11 is 0. The summed E-state index contributed by atoms with van der Waals surface area (Å²) < 4.78 is 0. The summed E-state index contributed by atoms with van der Waals surface area (Å²) in [6.07, 6.45) is 0. The average molecular weight is 435 g/mol. The fraction of sp³-hybridized carbons (Fsp3) is 0.0625. The molecule has 0 saturated heterocycles. The van der Waals surface area contributed by atoms with Crippen molar-refractivity contribution in [3.05, 3.63) is 132 Å². The number of nitrogens with one attached hydrogen (secondary N) is 1. The molecule has 1 N–H and O–H groups in total. The molecule has 0 spiro atoms. The van der Waals surface area contributed by atoms with Crippen LogP contribution in [0, 0.1) is 0 Å². The van der Waals surface area contributed by atoms with Gasteiger partial charge in [-0.2, -0.15) is 0 Å². The molecule has 5 aromatic carbocycles. The minimum absolute atomic E-state index is 0.200. The Balaban J connectivity index is 1.55. The van der Waals surface area contributed by atoms with Crippen molar-refractivity contribution in [2.75, 3.05) is 4.90 Å². The number of anilines is 2. The molecule has 0 saturated carbocycles. The van der Waals surface area contributed by atoms with Gasteiger partial charge in [0.1, 0.15) is 0 Å². The van der Waals surface area contributed by atoms with Crippen LogP contribution < -0.4 is 4.90 Å². The van der Waals surface area contributed by atoms with Gasteiger partial charge in [-0.05, 0) is 40.3 Å². The molecule has 160 valence electrons. The van der Waals surface area contributed by atoms with Crippen LogP contribution in [0.4, 0.5) is 11.4 Å². The smallest absolute Gasteiger partial charge is 0.0709 e. The van der Waals surface area contributed by atoms with Crippen LogP contribution >= 0.6 is 0 Å². The van der Waals surface area contributed by atoms with Crippen LogP contribution in [0.2, 0.25) is 0 Å². The number of para-hydroxylation sites is 2. The Labute approximate surface area is 198 Å². The van der Waals surface area contributed by atoms with E-state index >= 15 is 0 Å². The zero-order chi connectivity index (χ0) is 22.2. The van der Waals surface area contributed by atoms with Gasteiger partial charge in [-0.15, -0.1) is 0 Å². The fourth-order valence-corrected chi connectivity index (χ4v) is 6.44. The lowest BCUT2D eigenvalue weighted by Gasteiger charge is -2.36. The van der Waals surface area contributed by atoms with Gasteiger partial charge in [0.25, 0.3) is 0 Å². The molecule has 2 aliphatic rings. The van der Waals surface area contributed by atoms with Crippen LogP contribution in [0.15, 0.2) is 115 Å². The summed E-state index contributed by atoms with van der Waals surface area (Å²) in [6, 6.07) is 42.3. The van der Waals surface area contributed by atoms with Crippen LogP contribution in [0.5, 0.6) is 0 Å². The zero-order valence-corrected chi connectivity index (χ0v) is 18.6. The molecule has 1 aromatic heterocycles. The van der Waals surface area contributed by atoms with E-state index in [0.29, 0.717) is 0 Å². The lowest BCUT2D eigenvalue weighted by molar-refractivity contribution is 0.653. The molecule has 8 rings (SSSR count). The molecule has 6 aromatic rings. The minimum atomic E-state index is 0.200. The Kier molecular flexibility index (Phi) is 3.53. The van der Waals surface area contributed by atoms with Gasteiger partial charge < -0.3 is 9.88 Å². The van der Waals surface area contributed by atoms with Gasteiger partial charge in [0.2, 0.25) is 0 Å². The van der Waals surface area contributed by atoms with Crippen molar-refractivity contribution in [3.8, 4) is 11.3 Å². The Hall–Kier alpha value is -4.30. The van der Waals surface area contributed by atoms with E-state index in [1.165, 1.54) is 61.0 Å². The van der Waals surface area contributed by atoms with E-state index < -0.39 is 0 Å². The number of benzene rings is 5. The predicted molar refractivity (Wildman–Crippen MR) is 141 cm³/mol. The highest BCUT2D eigenvalue weighted by molar-refractivity contribution is 6.03. The normalized spacial score (nSPS) is 17.9. The lowest BCUT2D eigenvalue weighted by atomic mass is 9.75. The van der Waals surface area contributed by atoms with Crippen molar-refractivity contribution in [1.29, 1.82) is 0 Å². The van der Waals surface area contributed by atoms with Crippen molar-refractivity contribution < 1.29 is 0 Å². The van der Waals surface area contributed by atoms with E-state index in [2.05, 4.69) is 125 Å². The molecule has 2 atom stereocenters. The van der Waals surface area contributed by atoms with Gasteiger partial charge in [-0.25, -0.2) is 0 Å². The maximum Gasteiger partial charge on any atom is 0.0709 e. The highest BCUT2D eigenvalue weighted by Gasteiger charge is 2.47. The van der Waals surface area contributed by atoms with Crippen LogP contribution in [0.3, 0.4) is 0 Å². The van der Waals surface area contributed by atoms with Crippen LogP contribution in [-0.2, 0) is 0 Å². The van der Waals surface area contributed by atoms with E-state index in [-0.39, 0.29) is 12.0 Å². The van der Waals surface area contributed by atoms with E-state index in [1.807, 2.05) is 0 Å². The van der Waals surface area contributed by atoms with Crippen LogP contribution in [-0.4, -0.2) is 4.98 Å². The van der Waals surface area contributed by atoms with Crippen LogP contribution in [0.25, 0.3) is 32.9 Å². The first kappa shape index (κ1) is 18.2. The summed E-state index contributed by atoms with van der Waals surface area (Å²) in [5.41, 5.74) is 10.6. The Bertz CT molecular complexity index is 1730. The van der Waals surface area contributed by atoms with Gasteiger partial charge in [-0.1, -0.05) is 97.1 Å². The Morgan fingerprint density at radius 3 is 2.24 bits per heavy atom. The van der Waals surface area contributed by atoms with E-state index in [4.69, 9.17) is 0 Å². The maximum absolute atomic E-state index is 3.79. The van der Waals surface area contributed by atoms with Gasteiger partial charge in [-0.3, -0.25) is 0 Å². The minimum Gasteiger partial charge on any atom is -0.354 e. The molecule has 1 aliphatic carbocycles. The van der Waals surface area contributed by atoms with Gasteiger partial charge in [0.15, 0.2) is 0 Å². The molecular weight excluding hydrogens is 412 g/mol. The predicted octanol–water partition coefficient (Wildman–Crippen LogP) is 8.33. The molecule has 0 amide bonds. The van der Waals surface area contributed by atoms with Gasteiger partial charge in [0.05, 0.1) is 17.4 Å². The second-order valence-corrected chi connectivity index (χ2v) is 9.40. The number of hydrogen-bond acceptors (Lipinski definition) is 1. The van der Waals surface area contributed by atoms with Crippen molar-refractivity contribution in [2.24, 2.45) is 0 Å². The molecule has 2 heteroatoms. The number of H-pyrrole nitrogens is 1. The van der Waals surface area contributed by atoms with E-state index in [9.17, 15) is 0 Å². The molecule has 34 heavy (non-hydrogen) atoms. The second-order valence-electron chi connectivity index (χ2n) is 9.40.